The predicted molar refractivity (Wildman–Crippen MR) is 64.0 cm³/mol. The molecule has 1 aliphatic carbocycles. The van der Waals surface area contributed by atoms with Gasteiger partial charge in [0.2, 0.25) is 5.91 Å². The van der Waals surface area contributed by atoms with E-state index in [1.165, 1.54) is 0 Å². The fourth-order valence-corrected chi connectivity index (χ4v) is 1.91. The number of nitriles is 1. The van der Waals surface area contributed by atoms with Gasteiger partial charge in [-0.3, -0.25) is 9.59 Å². The van der Waals surface area contributed by atoms with Crippen molar-refractivity contribution in [3.8, 4) is 6.07 Å². The Morgan fingerprint density at radius 3 is 2.48 bits per heavy atom. The van der Waals surface area contributed by atoms with Crippen LogP contribution in [-0.4, -0.2) is 17.0 Å². The van der Waals surface area contributed by atoms with E-state index in [0.717, 1.165) is 12.1 Å². The molecule has 1 amide bonds. The maximum absolute atomic E-state index is 12.5. The molecule has 2 rings (SSSR count). The van der Waals surface area contributed by atoms with Gasteiger partial charge in [0.25, 0.3) is 0 Å². The molecule has 0 heterocycles. The number of rotatable bonds is 3. The highest BCUT2D eigenvalue weighted by Gasteiger charge is 2.48. The van der Waals surface area contributed by atoms with E-state index in [1.807, 2.05) is 0 Å². The minimum absolute atomic E-state index is 0.0634. The lowest BCUT2D eigenvalue weighted by atomic mass is 10.1. The second-order valence-electron chi connectivity index (χ2n) is 4.65. The Bertz CT molecular complexity index is 649. The van der Waals surface area contributed by atoms with Crippen molar-refractivity contribution in [1.82, 2.24) is 0 Å². The largest absolute Gasteiger partial charge is 0.481 e. The number of nitrogens with zero attached hydrogens (tertiary/aromatic N) is 1. The number of carboxylic acid groups (broad SMARTS) is 1. The number of hydrogen-bond acceptors (Lipinski definition) is 3. The molecule has 2 N–H and O–H groups in total. The first-order chi connectivity index (χ1) is 9.74. The zero-order valence-corrected chi connectivity index (χ0v) is 10.4. The summed E-state index contributed by atoms with van der Waals surface area (Å²) in [6.45, 7) is 0. The number of carbonyl (C=O) groups is 2. The number of benzene rings is 1. The minimum Gasteiger partial charge on any atom is -0.481 e. The van der Waals surface area contributed by atoms with Gasteiger partial charge in [-0.05, 0) is 24.6 Å². The molecule has 5 nitrogen and oxygen atoms in total. The zero-order valence-electron chi connectivity index (χ0n) is 10.4. The van der Waals surface area contributed by atoms with Gasteiger partial charge in [-0.1, -0.05) is 0 Å². The van der Waals surface area contributed by atoms with E-state index in [4.69, 9.17) is 10.4 Å². The van der Waals surface area contributed by atoms with E-state index >= 15 is 0 Å². The number of hydrogen-bond donors (Lipinski definition) is 2. The van der Waals surface area contributed by atoms with E-state index in [9.17, 15) is 22.8 Å². The highest BCUT2D eigenvalue weighted by molar-refractivity contribution is 5.99. The number of carboxylic acids is 1. The Balaban J connectivity index is 2.16. The monoisotopic (exact) mass is 298 g/mol. The Morgan fingerprint density at radius 1 is 1.33 bits per heavy atom. The quantitative estimate of drug-likeness (QED) is 0.895. The molecule has 1 fully saturated rings. The number of halogens is 3. The van der Waals surface area contributed by atoms with Gasteiger partial charge in [0.1, 0.15) is 6.07 Å². The van der Waals surface area contributed by atoms with Crippen LogP contribution in [0.4, 0.5) is 18.9 Å². The molecular formula is C13H9F3N2O3. The third-order valence-electron chi connectivity index (χ3n) is 3.17. The van der Waals surface area contributed by atoms with Crippen molar-refractivity contribution in [1.29, 1.82) is 5.26 Å². The van der Waals surface area contributed by atoms with Crippen LogP contribution in [0, 0.1) is 23.2 Å². The number of carbonyl (C=O) groups excluding carboxylic acids is 1. The molecule has 21 heavy (non-hydrogen) atoms. The third-order valence-corrected chi connectivity index (χ3v) is 3.17. The zero-order chi connectivity index (χ0) is 15.8. The van der Waals surface area contributed by atoms with Crippen molar-refractivity contribution < 1.29 is 27.9 Å². The first kappa shape index (κ1) is 14.8. The van der Waals surface area contributed by atoms with Gasteiger partial charge < -0.3 is 10.4 Å². The molecule has 1 aromatic rings. The van der Waals surface area contributed by atoms with Gasteiger partial charge in [-0.2, -0.15) is 18.4 Å². The van der Waals surface area contributed by atoms with Crippen LogP contribution in [0.3, 0.4) is 0 Å². The summed E-state index contributed by atoms with van der Waals surface area (Å²) < 4.78 is 37.5. The lowest BCUT2D eigenvalue weighted by Crippen LogP contribution is -2.18. The van der Waals surface area contributed by atoms with Gasteiger partial charge in [-0.25, -0.2) is 0 Å². The lowest BCUT2D eigenvalue weighted by molar-refractivity contribution is -0.140. The molecule has 0 spiro atoms. The van der Waals surface area contributed by atoms with Crippen molar-refractivity contribution >= 4 is 17.6 Å². The van der Waals surface area contributed by atoms with Crippen molar-refractivity contribution in [3.63, 3.8) is 0 Å². The van der Waals surface area contributed by atoms with Crippen molar-refractivity contribution in [3.05, 3.63) is 29.3 Å². The third kappa shape index (κ3) is 3.13. The fraction of sp³-hybridized carbons (Fsp3) is 0.308. The summed E-state index contributed by atoms with van der Waals surface area (Å²) in [5.41, 5.74) is -1.39. The predicted octanol–water partition coefficient (Wildman–Crippen LogP) is 2.24. The van der Waals surface area contributed by atoms with Crippen LogP contribution in [0.1, 0.15) is 17.5 Å². The molecule has 0 unspecified atom stereocenters. The molecule has 0 radical (unpaired) electrons. The van der Waals surface area contributed by atoms with Crippen molar-refractivity contribution in [2.75, 3.05) is 5.32 Å². The van der Waals surface area contributed by atoms with Crippen molar-refractivity contribution in [2.24, 2.45) is 11.8 Å². The van der Waals surface area contributed by atoms with E-state index in [2.05, 4.69) is 5.32 Å². The summed E-state index contributed by atoms with van der Waals surface area (Å²) in [5.74, 6) is -3.19. The average molecular weight is 298 g/mol. The number of aliphatic carboxylic acids is 1. The molecule has 1 aromatic carbocycles. The first-order valence-electron chi connectivity index (χ1n) is 5.89. The Kier molecular flexibility index (Phi) is 3.60. The Morgan fingerprint density at radius 2 is 2.00 bits per heavy atom. The normalized spacial score (nSPS) is 20.5. The minimum atomic E-state index is -4.58. The second-order valence-corrected chi connectivity index (χ2v) is 4.65. The second kappa shape index (κ2) is 5.09. The van der Waals surface area contributed by atoms with Gasteiger partial charge in [0.15, 0.2) is 0 Å². The van der Waals surface area contributed by atoms with Crippen LogP contribution in [0.15, 0.2) is 18.2 Å². The molecule has 0 aliphatic heterocycles. The van der Waals surface area contributed by atoms with E-state index < -0.39 is 35.5 Å². The molecule has 0 aromatic heterocycles. The van der Waals surface area contributed by atoms with Gasteiger partial charge >= 0.3 is 12.1 Å². The molecule has 1 aliphatic rings. The fourth-order valence-electron chi connectivity index (χ4n) is 1.91. The van der Waals surface area contributed by atoms with Crippen LogP contribution in [0.5, 0.6) is 0 Å². The van der Waals surface area contributed by atoms with E-state index in [0.29, 0.717) is 6.07 Å². The number of alkyl halides is 3. The first-order valence-corrected chi connectivity index (χ1v) is 5.89. The summed E-state index contributed by atoms with van der Waals surface area (Å²) >= 11 is 0. The van der Waals surface area contributed by atoms with Crippen LogP contribution in [0.2, 0.25) is 0 Å². The van der Waals surface area contributed by atoms with E-state index in [-0.39, 0.29) is 17.7 Å². The number of anilines is 1. The molecular weight excluding hydrogens is 289 g/mol. The Hall–Kier alpha value is -2.56. The topological polar surface area (TPSA) is 90.2 Å². The smallest absolute Gasteiger partial charge is 0.416 e. The number of amides is 1. The molecule has 8 heteroatoms. The summed E-state index contributed by atoms with van der Waals surface area (Å²) in [6, 6.07) is 3.94. The van der Waals surface area contributed by atoms with Gasteiger partial charge in [-0.15, -0.1) is 0 Å². The molecule has 110 valence electrons. The van der Waals surface area contributed by atoms with E-state index in [1.54, 1.807) is 6.07 Å². The maximum Gasteiger partial charge on any atom is 0.416 e. The molecule has 2 atom stereocenters. The lowest BCUT2D eigenvalue weighted by Gasteiger charge is -2.10. The molecule has 1 saturated carbocycles. The number of nitrogens with one attached hydrogen (secondary N) is 1. The maximum atomic E-state index is 12.5. The van der Waals surface area contributed by atoms with Crippen LogP contribution < -0.4 is 5.32 Å². The summed E-state index contributed by atoms with van der Waals surface area (Å²) in [5, 5.41) is 19.9. The molecule has 0 saturated heterocycles. The van der Waals surface area contributed by atoms with Crippen LogP contribution in [-0.2, 0) is 15.8 Å². The average Bonchev–Trinajstić information content (AvgIpc) is 3.18. The van der Waals surface area contributed by atoms with Crippen LogP contribution >= 0.6 is 0 Å². The van der Waals surface area contributed by atoms with Gasteiger partial charge in [0, 0.05) is 0 Å². The standard InChI is InChI=1S/C13H9F3N2O3/c14-13(15,16)7-1-2-10(6(3-7)5-17)18-11(19)8-4-9(8)12(20)21/h1-3,8-9H,4H2,(H,18,19)(H,20,21)/t8-,9+/m1/s1. The Labute approximate surface area is 117 Å². The summed E-state index contributed by atoms with van der Waals surface area (Å²) in [4.78, 5) is 22.4. The van der Waals surface area contributed by atoms with Crippen LogP contribution in [0.25, 0.3) is 0 Å². The highest BCUT2D eigenvalue weighted by atomic mass is 19.4. The molecule has 0 bridgehead atoms. The SMILES string of the molecule is N#Cc1cc(C(F)(F)F)ccc1NC(=O)[C@@H]1C[C@@H]1C(=O)O. The summed E-state index contributed by atoms with van der Waals surface area (Å²) in [6.07, 6.45) is -4.40. The van der Waals surface area contributed by atoms with Gasteiger partial charge in [0.05, 0.1) is 28.7 Å². The highest BCUT2D eigenvalue weighted by Crippen LogP contribution is 2.40. The summed E-state index contributed by atoms with van der Waals surface area (Å²) in [7, 11) is 0. The van der Waals surface area contributed by atoms with Crippen molar-refractivity contribution in [2.45, 2.75) is 12.6 Å².